The fourth-order valence-electron chi connectivity index (χ4n) is 4.38. The normalized spacial score (nSPS) is 11.8. The molecular weight excluding hydrogens is 354 g/mol. The van der Waals surface area contributed by atoms with Gasteiger partial charge in [-0.1, -0.05) is 149 Å². The first-order chi connectivity index (χ1) is 14.1. The quantitative estimate of drug-likeness (QED) is 0.168. The van der Waals surface area contributed by atoms with Crippen LogP contribution in [0.25, 0.3) is 0 Å². The van der Waals surface area contributed by atoms with E-state index >= 15 is 0 Å². The smallest absolute Gasteiger partial charge is 0.223 e. The van der Waals surface area contributed by atoms with Crippen LogP contribution in [0, 0.1) is 5.41 Å². The maximum atomic E-state index is 12.0. The Kier molecular flexibility index (Phi) is 20.4. The molecule has 0 saturated heterocycles. The lowest BCUT2D eigenvalue weighted by molar-refractivity contribution is -0.127. The third-order valence-electron chi connectivity index (χ3n) is 6.76. The van der Waals surface area contributed by atoms with Crippen molar-refractivity contribution in [1.29, 1.82) is 0 Å². The molecule has 0 rings (SSSR count). The highest BCUT2D eigenvalue weighted by Gasteiger charge is 2.29. The summed E-state index contributed by atoms with van der Waals surface area (Å²) >= 11 is 0. The molecule has 2 nitrogen and oxygen atoms in total. The predicted molar refractivity (Wildman–Crippen MR) is 130 cm³/mol. The van der Waals surface area contributed by atoms with Gasteiger partial charge in [0.05, 0.1) is 0 Å². The molecule has 0 aromatic rings. The van der Waals surface area contributed by atoms with Crippen molar-refractivity contribution in [2.45, 2.75) is 162 Å². The van der Waals surface area contributed by atoms with E-state index < -0.39 is 0 Å². The van der Waals surface area contributed by atoms with Crippen LogP contribution in [-0.4, -0.2) is 5.91 Å². The molecule has 0 heterocycles. The van der Waals surface area contributed by atoms with Crippen LogP contribution in [0.1, 0.15) is 162 Å². The summed E-state index contributed by atoms with van der Waals surface area (Å²) in [6.45, 7) is 6.66. The lowest BCUT2D eigenvalue weighted by Crippen LogP contribution is -2.34. The van der Waals surface area contributed by atoms with Crippen molar-refractivity contribution in [3.05, 3.63) is 0 Å². The number of unbranched alkanes of at least 4 members (excludes halogenated alkanes) is 18. The Morgan fingerprint density at radius 3 is 1.00 bits per heavy atom. The molecule has 0 saturated carbocycles. The SMILES string of the molecule is CCCCCCCCCCCCC(C)(CCCCCCCCCCCC)C(N)=O. The van der Waals surface area contributed by atoms with Gasteiger partial charge in [-0.3, -0.25) is 4.79 Å². The molecule has 1 amide bonds. The Morgan fingerprint density at radius 1 is 0.517 bits per heavy atom. The van der Waals surface area contributed by atoms with Gasteiger partial charge in [-0.05, 0) is 12.8 Å². The summed E-state index contributed by atoms with van der Waals surface area (Å²) in [5.41, 5.74) is 5.50. The zero-order valence-corrected chi connectivity index (χ0v) is 20.5. The second-order valence-corrected chi connectivity index (χ2v) is 9.79. The number of carbonyl (C=O) groups excluding carboxylic acids is 1. The Bertz CT molecular complexity index is 328. The number of hydrogen-bond donors (Lipinski definition) is 1. The van der Waals surface area contributed by atoms with E-state index in [1.165, 1.54) is 116 Å². The molecule has 0 atom stereocenters. The second-order valence-electron chi connectivity index (χ2n) is 9.79. The van der Waals surface area contributed by atoms with Crippen LogP contribution >= 0.6 is 0 Å². The van der Waals surface area contributed by atoms with E-state index in [0.29, 0.717) is 0 Å². The largest absolute Gasteiger partial charge is 0.369 e. The molecule has 2 N–H and O–H groups in total. The average Bonchev–Trinajstić information content (AvgIpc) is 2.70. The summed E-state index contributed by atoms with van der Waals surface area (Å²) in [5, 5.41) is 0. The molecule has 0 unspecified atom stereocenters. The first kappa shape index (κ1) is 28.5. The number of nitrogens with two attached hydrogens (primary N) is 1. The summed E-state index contributed by atoms with van der Waals surface area (Å²) in [5.74, 6) is -0.0793. The van der Waals surface area contributed by atoms with Gasteiger partial charge >= 0.3 is 0 Å². The molecule has 2 heteroatoms. The molecule has 0 bridgehead atoms. The maximum Gasteiger partial charge on any atom is 0.223 e. The van der Waals surface area contributed by atoms with Gasteiger partial charge in [-0.2, -0.15) is 0 Å². The topological polar surface area (TPSA) is 43.1 Å². The summed E-state index contributed by atoms with van der Waals surface area (Å²) in [7, 11) is 0. The van der Waals surface area contributed by atoms with Crippen LogP contribution in [0.5, 0.6) is 0 Å². The van der Waals surface area contributed by atoms with Crippen LogP contribution in [0.3, 0.4) is 0 Å². The first-order valence-electron chi connectivity index (χ1n) is 13.4. The molecule has 0 spiro atoms. The van der Waals surface area contributed by atoms with Gasteiger partial charge in [-0.15, -0.1) is 0 Å². The molecule has 0 aliphatic heterocycles. The van der Waals surface area contributed by atoms with Crippen LogP contribution in [0.2, 0.25) is 0 Å². The molecule has 0 fully saturated rings. The van der Waals surface area contributed by atoms with E-state index in [1.807, 2.05) is 0 Å². The van der Waals surface area contributed by atoms with Crippen LogP contribution in [0.4, 0.5) is 0 Å². The number of amides is 1. The Balaban J connectivity index is 3.65. The molecule has 0 radical (unpaired) electrons. The first-order valence-corrected chi connectivity index (χ1v) is 13.4. The zero-order chi connectivity index (χ0) is 21.6. The number of carbonyl (C=O) groups is 1. The fraction of sp³-hybridized carbons (Fsp3) is 0.963. The van der Waals surface area contributed by atoms with E-state index in [1.54, 1.807) is 0 Å². The standard InChI is InChI=1S/C27H55NO/c1-4-6-8-10-12-14-16-18-20-22-24-27(3,26(28)29)25-23-21-19-17-15-13-11-9-7-5-2/h4-25H2,1-3H3,(H2,28,29). The molecule has 29 heavy (non-hydrogen) atoms. The van der Waals surface area contributed by atoms with Crippen molar-refractivity contribution in [1.82, 2.24) is 0 Å². The highest BCUT2D eigenvalue weighted by molar-refractivity contribution is 5.80. The van der Waals surface area contributed by atoms with Crippen LogP contribution in [0.15, 0.2) is 0 Å². The Morgan fingerprint density at radius 2 is 0.759 bits per heavy atom. The van der Waals surface area contributed by atoms with Crippen molar-refractivity contribution in [3.8, 4) is 0 Å². The zero-order valence-electron chi connectivity index (χ0n) is 20.5. The lowest BCUT2D eigenvalue weighted by atomic mass is 9.79. The summed E-state index contributed by atoms with van der Waals surface area (Å²) in [6, 6.07) is 0. The summed E-state index contributed by atoms with van der Waals surface area (Å²) in [4.78, 5) is 12.0. The van der Waals surface area contributed by atoms with Crippen molar-refractivity contribution in [3.63, 3.8) is 0 Å². The van der Waals surface area contributed by atoms with Crippen LogP contribution < -0.4 is 5.73 Å². The van der Waals surface area contributed by atoms with E-state index in [9.17, 15) is 4.79 Å². The minimum Gasteiger partial charge on any atom is -0.369 e. The minimum absolute atomic E-state index is 0.0793. The van der Waals surface area contributed by atoms with E-state index in [0.717, 1.165) is 25.7 Å². The lowest BCUT2D eigenvalue weighted by Gasteiger charge is -2.26. The van der Waals surface area contributed by atoms with E-state index in [2.05, 4.69) is 20.8 Å². The molecule has 0 aliphatic carbocycles. The molecular formula is C27H55NO. The number of rotatable bonds is 23. The fourth-order valence-corrected chi connectivity index (χ4v) is 4.38. The highest BCUT2D eigenvalue weighted by Crippen LogP contribution is 2.31. The van der Waals surface area contributed by atoms with E-state index in [4.69, 9.17) is 5.73 Å². The van der Waals surface area contributed by atoms with Gasteiger partial charge in [0.25, 0.3) is 0 Å². The molecule has 174 valence electrons. The van der Waals surface area contributed by atoms with Gasteiger partial charge < -0.3 is 5.73 Å². The van der Waals surface area contributed by atoms with Gasteiger partial charge in [0.15, 0.2) is 0 Å². The number of hydrogen-bond acceptors (Lipinski definition) is 1. The van der Waals surface area contributed by atoms with Gasteiger partial charge in [0, 0.05) is 5.41 Å². The second kappa shape index (κ2) is 20.7. The summed E-state index contributed by atoms with van der Waals surface area (Å²) in [6.07, 6.45) is 28.8. The number of primary amides is 1. The van der Waals surface area contributed by atoms with Gasteiger partial charge in [0.2, 0.25) is 5.91 Å². The third kappa shape index (κ3) is 18.0. The monoisotopic (exact) mass is 409 g/mol. The molecule has 0 aromatic carbocycles. The van der Waals surface area contributed by atoms with Crippen molar-refractivity contribution < 1.29 is 4.79 Å². The average molecular weight is 410 g/mol. The van der Waals surface area contributed by atoms with Crippen molar-refractivity contribution in [2.75, 3.05) is 0 Å². The molecule has 0 aliphatic rings. The Labute approximate surface area is 184 Å². The highest BCUT2D eigenvalue weighted by atomic mass is 16.1. The van der Waals surface area contributed by atoms with Gasteiger partial charge in [0.1, 0.15) is 0 Å². The summed E-state index contributed by atoms with van der Waals surface area (Å²) < 4.78 is 0. The Hall–Kier alpha value is -0.530. The van der Waals surface area contributed by atoms with Crippen molar-refractivity contribution >= 4 is 5.91 Å². The van der Waals surface area contributed by atoms with Gasteiger partial charge in [-0.25, -0.2) is 0 Å². The van der Waals surface area contributed by atoms with E-state index in [-0.39, 0.29) is 11.3 Å². The molecule has 0 aromatic heterocycles. The maximum absolute atomic E-state index is 12.0. The predicted octanol–water partition coefficient (Wildman–Crippen LogP) is 9.10. The van der Waals surface area contributed by atoms with Crippen LogP contribution in [-0.2, 0) is 4.79 Å². The minimum atomic E-state index is -0.277. The third-order valence-corrected chi connectivity index (χ3v) is 6.76. The van der Waals surface area contributed by atoms with Crippen molar-refractivity contribution in [2.24, 2.45) is 11.1 Å².